The molecular weight excluding hydrogens is 302 g/mol. The van der Waals surface area contributed by atoms with Gasteiger partial charge in [0.25, 0.3) is 5.91 Å². The Bertz CT molecular complexity index is 692. The third-order valence-electron chi connectivity index (χ3n) is 4.64. The number of carbonyl (C=O) groups is 1. The second-order valence-electron chi connectivity index (χ2n) is 6.06. The number of fused-ring (bicyclic) bond motifs is 1. The first kappa shape index (κ1) is 15.3. The minimum atomic E-state index is -3.57. The molecule has 3 N–H and O–H groups in total. The van der Waals surface area contributed by atoms with Gasteiger partial charge in [0.2, 0.25) is 10.0 Å². The Morgan fingerprint density at radius 2 is 1.82 bits per heavy atom. The van der Waals surface area contributed by atoms with Crippen molar-refractivity contribution in [2.45, 2.75) is 30.2 Å². The Labute approximate surface area is 130 Å². The van der Waals surface area contributed by atoms with Crippen LogP contribution in [0.4, 0.5) is 5.69 Å². The maximum Gasteiger partial charge on any atom is 0.253 e. The van der Waals surface area contributed by atoms with Crippen LogP contribution in [0, 0.1) is 11.8 Å². The van der Waals surface area contributed by atoms with E-state index in [0.29, 0.717) is 17.3 Å². The molecule has 120 valence electrons. The van der Waals surface area contributed by atoms with E-state index in [4.69, 9.17) is 0 Å². The molecule has 1 aromatic rings. The highest BCUT2D eigenvalue weighted by Crippen LogP contribution is 2.52. The van der Waals surface area contributed by atoms with E-state index in [1.54, 1.807) is 6.07 Å². The third kappa shape index (κ3) is 2.83. The van der Waals surface area contributed by atoms with E-state index in [1.165, 1.54) is 32.6 Å². The fourth-order valence-electron chi connectivity index (χ4n) is 3.31. The normalized spacial score (nSPS) is 26.4. The summed E-state index contributed by atoms with van der Waals surface area (Å²) >= 11 is 0. The molecule has 2 unspecified atom stereocenters. The number of hydrogen-bond donors (Lipinski definition) is 3. The summed E-state index contributed by atoms with van der Waals surface area (Å²) in [5.41, 5.74) is 1.06. The lowest BCUT2D eigenvalue weighted by Crippen LogP contribution is -2.25. The molecule has 1 aromatic carbocycles. The molecule has 2 fully saturated rings. The van der Waals surface area contributed by atoms with Crippen molar-refractivity contribution >= 4 is 21.6 Å². The van der Waals surface area contributed by atoms with Gasteiger partial charge in [-0.05, 0) is 56.3 Å². The summed E-state index contributed by atoms with van der Waals surface area (Å²) in [5, 5.41) is 5.97. The molecule has 0 aromatic heterocycles. The molecule has 22 heavy (non-hydrogen) atoms. The Morgan fingerprint density at radius 1 is 1.14 bits per heavy atom. The smallest absolute Gasteiger partial charge is 0.253 e. The lowest BCUT2D eigenvalue weighted by atomic mass is 10.1. The summed E-state index contributed by atoms with van der Waals surface area (Å²) in [6.45, 7) is 0. The monoisotopic (exact) mass is 323 g/mol. The summed E-state index contributed by atoms with van der Waals surface area (Å²) in [4.78, 5) is 12.2. The number of nitrogens with one attached hydrogen (secondary N) is 3. The second kappa shape index (κ2) is 5.55. The van der Waals surface area contributed by atoms with Gasteiger partial charge in [-0.15, -0.1) is 0 Å². The molecule has 0 saturated heterocycles. The van der Waals surface area contributed by atoms with Gasteiger partial charge in [0, 0.05) is 18.8 Å². The average Bonchev–Trinajstić information content (AvgIpc) is 3.13. The first-order valence-corrected chi connectivity index (χ1v) is 8.99. The zero-order chi connectivity index (χ0) is 15.9. The van der Waals surface area contributed by atoms with Crippen molar-refractivity contribution in [2.75, 3.05) is 19.4 Å². The topological polar surface area (TPSA) is 87.3 Å². The van der Waals surface area contributed by atoms with Crippen LogP contribution in [0.25, 0.3) is 0 Å². The highest BCUT2D eigenvalue weighted by molar-refractivity contribution is 7.89. The van der Waals surface area contributed by atoms with E-state index in [-0.39, 0.29) is 10.8 Å². The van der Waals surface area contributed by atoms with E-state index in [0.717, 1.165) is 24.7 Å². The van der Waals surface area contributed by atoms with Crippen LogP contribution in [0.15, 0.2) is 23.1 Å². The van der Waals surface area contributed by atoms with Crippen molar-refractivity contribution < 1.29 is 13.2 Å². The number of carbonyl (C=O) groups excluding carboxylic acids is 1. The minimum Gasteiger partial charge on any atom is -0.382 e. The molecule has 2 aliphatic rings. The zero-order valence-electron chi connectivity index (χ0n) is 12.7. The van der Waals surface area contributed by atoms with E-state index in [2.05, 4.69) is 15.4 Å². The summed E-state index contributed by atoms with van der Waals surface area (Å²) in [6.07, 6.45) is 3.60. The number of hydrogen-bond acceptors (Lipinski definition) is 4. The number of rotatable bonds is 5. The third-order valence-corrected chi connectivity index (χ3v) is 6.06. The molecule has 6 nitrogen and oxygen atoms in total. The van der Waals surface area contributed by atoms with Gasteiger partial charge < -0.3 is 10.6 Å². The van der Waals surface area contributed by atoms with Crippen molar-refractivity contribution in [1.29, 1.82) is 0 Å². The molecule has 2 aliphatic carbocycles. The van der Waals surface area contributed by atoms with Crippen LogP contribution in [-0.4, -0.2) is 34.5 Å². The van der Waals surface area contributed by atoms with E-state index in [1.807, 2.05) is 0 Å². The first-order chi connectivity index (χ1) is 10.4. The van der Waals surface area contributed by atoms with Crippen LogP contribution >= 0.6 is 0 Å². The first-order valence-electron chi connectivity index (χ1n) is 7.51. The van der Waals surface area contributed by atoms with Gasteiger partial charge in [0.15, 0.2) is 0 Å². The van der Waals surface area contributed by atoms with Gasteiger partial charge >= 0.3 is 0 Å². The zero-order valence-corrected chi connectivity index (χ0v) is 13.5. The van der Waals surface area contributed by atoms with Crippen molar-refractivity contribution in [2.24, 2.45) is 11.8 Å². The van der Waals surface area contributed by atoms with Crippen molar-refractivity contribution in [3.63, 3.8) is 0 Å². The predicted molar refractivity (Wildman–Crippen MR) is 84.3 cm³/mol. The molecule has 0 aliphatic heterocycles. The SMILES string of the molecule is CNC(=O)c1cc(S(=O)(=O)NC)ccc1NC1CC2CC2C1. The number of amides is 1. The van der Waals surface area contributed by atoms with Crippen LogP contribution in [0.1, 0.15) is 29.6 Å². The Balaban J connectivity index is 1.89. The van der Waals surface area contributed by atoms with Crippen molar-refractivity contribution in [3.8, 4) is 0 Å². The quantitative estimate of drug-likeness (QED) is 0.759. The minimum absolute atomic E-state index is 0.0911. The van der Waals surface area contributed by atoms with Gasteiger partial charge in [-0.2, -0.15) is 0 Å². The molecule has 1 amide bonds. The van der Waals surface area contributed by atoms with Crippen LogP contribution < -0.4 is 15.4 Å². The molecule has 0 spiro atoms. The van der Waals surface area contributed by atoms with Gasteiger partial charge in [0.05, 0.1) is 10.5 Å². The van der Waals surface area contributed by atoms with Crippen LogP contribution in [0.3, 0.4) is 0 Å². The number of anilines is 1. The molecule has 2 atom stereocenters. The number of benzene rings is 1. The Kier molecular flexibility index (Phi) is 3.86. The standard InChI is InChI=1S/C15H21N3O3S/c1-16-15(19)13-8-12(22(20,21)17-2)3-4-14(13)18-11-6-9-5-10(9)7-11/h3-4,8-11,17-18H,5-7H2,1-2H3,(H,16,19). The fourth-order valence-corrected chi connectivity index (χ4v) is 4.07. The fraction of sp³-hybridized carbons (Fsp3) is 0.533. The van der Waals surface area contributed by atoms with Crippen LogP contribution in [0.5, 0.6) is 0 Å². The Hall–Kier alpha value is -1.60. The number of sulfonamides is 1. The Morgan fingerprint density at radius 3 is 2.41 bits per heavy atom. The van der Waals surface area contributed by atoms with Gasteiger partial charge in [-0.25, -0.2) is 13.1 Å². The van der Waals surface area contributed by atoms with E-state index >= 15 is 0 Å². The second-order valence-corrected chi connectivity index (χ2v) is 7.95. The van der Waals surface area contributed by atoms with Crippen molar-refractivity contribution in [3.05, 3.63) is 23.8 Å². The lowest BCUT2D eigenvalue weighted by Gasteiger charge is -2.19. The molecule has 0 radical (unpaired) electrons. The van der Waals surface area contributed by atoms with E-state index < -0.39 is 10.0 Å². The molecule has 3 rings (SSSR count). The molecule has 0 bridgehead atoms. The van der Waals surface area contributed by atoms with Crippen LogP contribution in [0.2, 0.25) is 0 Å². The van der Waals surface area contributed by atoms with Gasteiger partial charge in [0.1, 0.15) is 0 Å². The average molecular weight is 323 g/mol. The highest BCUT2D eigenvalue weighted by atomic mass is 32.2. The molecule has 7 heteroatoms. The summed E-state index contributed by atoms with van der Waals surface area (Å²) in [6, 6.07) is 5.00. The van der Waals surface area contributed by atoms with Crippen LogP contribution in [-0.2, 0) is 10.0 Å². The highest BCUT2D eigenvalue weighted by Gasteiger charge is 2.45. The van der Waals surface area contributed by atoms with Gasteiger partial charge in [-0.3, -0.25) is 4.79 Å². The van der Waals surface area contributed by atoms with Gasteiger partial charge in [-0.1, -0.05) is 0 Å². The molecule has 0 heterocycles. The summed E-state index contributed by atoms with van der Waals surface area (Å²) < 4.78 is 26.1. The largest absolute Gasteiger partial charge is 0.382 e. The summed E-state index contributed by atoms with van der Waals surface area (Å²) in [7, 11) is -0.675. The maximum absolute atomic E-state index is 12.1. The van der Waals surface area contributed by atoms with Crippen molar-refractivity contribution in [1.82, 2.24) is 10.0 Å². The molecule has 2 saturated carbocycles. The van der Waals surface area contributed by atoms with E-state index in [9.17, 15) is 13.2 Å². The predicted octanol–water partition coefficient (Wildman–Crippen LogP) is 1.16. The molecular formula is C15H21N3O3S. The maximum atomic E-state index is 12.1. The summed E-state index contributed by atoms with van der Waals surface area (Å²) in [5.74, 6) is 1.38. The lowest BCUT2D eigenvalue weighted by molar-refractivity contribution is 0.0963.